The Balaban J connectivity index is 2.31. The van der Waals surface area contributed by atoms with Crippen molar-refractivity contribution in [1.29, 1.82) is 0 Å². The van der Waals surface area contributed by atoms with Crippen LogP contribution >= 0.6 is 0 Å². The minimum absolute atomic E-state index is 0.424. The molecule has 0 saturated heterocycles. The van der Waals surface area contributed by atoms with Gasteiger partial charge in [-0.2, -0.15) is 0 Å². The first-order valence-corrected chi connectivity index (χ1v) is 5.71. The third-order valence-corrected chi connectivity index (χ3v) is 2.75. The van der Waals surface area contributed by atoms with Gasteiger partial charge in [-0.3, -0.25) is 9.97 Å². The van der Waals surface area contributed by atoms with Gasteiger partial charge in [0.2, 0.25) is 0 Å². The van der Waals surface area contributed by atoms with Gasteiger partial charge in [0.05, 0.1) is 0 Å². The Hall–Kier alpha value is -1.70. The average Bonchev–Trinajstić information content (AvgIpc) is 2.38. The smallest absolute Gasteiger partial charge is 0.0306 e. The molecule has 2 rings (SSSR count). The Morgan fingerprint density at radius 3 is 1.94 bits per heavy atom. The van der Waals surface area contributed by atoms with Crippen LogP contribution in [-0.2, 0) is 0 Å². The summed E-state index contributed by atoms with van der Waals surface area (Å²) in [6.07, 6.45) is 9.83. The molecule has 0 radical (unpaired) electrons. The zero-order valence-corrected chi connectivity index (χ0v) is 9.50. The molecule has 0 saturated carbocycles. The lowest BCUT2D eigenvalue weighted by Gasteiger charge is -2.16. The molecule has 16 heavy (non-hydrogen) atoms. The van der Waals surface area contributed by atoms with Crippen molar-refractivity contribution < 1.29 is 0 Å². The second-order valence-corrected chi connectivity index (χ2v) is 3.91. The standard InChI is InChI=1S/C14H16N2/c1-2-5-14(12-6-3-8-15-10-12)13-7-4-9-16-11-13/h3-4,6-11,14H,2,5H2,1H3. The summed E-state index contributed by atoms with van der Waals surface area (Å²) in [5.41, 5.74) is 2.55. The fourth-order valence-corrected chi connectivity index (χ4v) is 1.98. The predicted octanol–water partition coefficient (Wildman–Crippen LogP) is 3.41. The summed E-state index contributed by atoms with van der Waals surface area (Å²) in [6.45, 7) is 2.21. The van der Waals surface area contributed by atoms with Crippen LogP contribution in [0.25, 0.3) is 0 Å². The molecule has 0 aliphatic rings. The van der Waals surface area contributed by atoms with Crippen molar-refractivity contribution in [2.24, 2.45) is 0 Å². The number of hydrogen-bond acceptors (Lipinski definition) is 2. The van der Waals surface area contributed by atoms with Crippen LogP contribution in [-0.4, -0.2) is 9.97 Å². The molecule has 0 atom stereocenters. The van der Waals surface area contributed by atoms with E-state index in [1.165, 1.54) is 11.1 Å². The van der Waals surface area contributed by atoms with Gasteiger partial charge in [0.1, 0.15) is 0 Å². The fourth-order valence-electron chi connectivity index (χ4n) is 1.98. The summed E-state index contributed by atoms with van der Waals surface area (Å²) in [7, 11) is 0. The van der Waals surface area contributed by atoms with Crippen molar-refractivity contribution in [3.05, 3.63) is 60.2 Å². The lowest BCUT2D eigenvalue weighted by Crippen LogP contribution is -2.01. The summed E-state index contributed by atoms with van der Waals surface area (Å²) in [5, 5.41) is 0. The van der Waals surface area contributed by atoms with E-state index in [1.807, 2.05) is 36.9 Å². The zero-order chi connectivity index (χ0) is 11.2. The minimum Gasteiger partial charge on any atom is -0.264 e. The normalized spacial score (nSPS) is 10.6. The van der Waals surface area contributed by atoms with Gasteiger partial charge in [-0.15, -0.1) is 0 Å². The van der Waals surface area contributed by atoms with Crippen molar-refractivity contribution in [3.63, 3.8) is 0 Å². The molecule has 0 aliphatic carbocycles. The van der Waals surface area contributed by atoms with Crippen LogP contribution in [0.3, 0.4) is 0 Å². The predicted molar refractivity (Wildman–Crippen MR) is 65.2 cm³/mol. The van der Waals surface area contributed by atoms with Gasteiger partial charge in [-0.05, 0) is 29.7 Å². The minimum atomic E-state index is 0.424. The molecular weight excluding hydrogens is 196 g/mol. The van der Waals surface area contributed by atoms with Gasteiger partial charge in [0, 0.05) is 30.7 Å². The van der Waals surface area contributed by atoms with Crippen molar-refractivity contribution in [3.8, 4) is 0 Å². The Bertz CT molecular complexity index is 372. The Morgan fingerprint density at radius 2 is 1.56 bits per heavy atom. The zero-order valence-electron chi connectivity index (χ0n) is 9.50. The molecule has 2 nitrogen and oxygen atoms in total. The van der Waals surface area contributed by atoms with Gasteiger partial charge >= 0.3 is 0 Å². The Kier molecular flexibility index (Phi) is 3.65. The molecule has 2 aromatic rings. The Morgan fingerprint density at radius 1 is 1.00 bits per heavy atom. The highest BCUT2D eigenvalue weighted by atomic mass is 14.6. The number of aromatic nitrogens is 2. The lowest BCUT2D eigenvalue weighted by molar-refractivity contribution is 0.693. The van der Waals surface area contributed by atoms with Crippen LogP contribution in [0, 0.1) is 0 Å². The van der Waals surface area contributed by atoms with E-state index < -0.39 is 0 Å². The first-order chi connectivity index (χ1) is 7.92. The third-order valence-electron chi connectivity index (χ3n) is 2.75. The van der Waals surface area contributed by atoms with Crippen molar-refractivity contribution in [2.45, 2.75) is 25.7 Å². The van der Waals surface area contributed by atoms with Gasteiger partial charge in [0.25, 0.3) is 0 Å². The maximum Gasteiger partial charge on any atom is 0.0306 e. The molecule has 0 N–H and O–H groups in total. The maximum absolute atomic E-state index is 4.19. The van der Waals surface area contributed by atoms with E-state index in [9.17, 15) is 0 Å². The molecule has 0 aromatic carbocycles. The van der Waals surface area contributed by atoms with Gasteiger partial charge < -0.3 is 0 Å². The number of pyridine rings is 2. The van der Waals surface area contributed by atoms with E-state index >= 15 is 0 Å². The first-order valence-electron chi connectivity index (χ1n) is 5.71. The highest BCUT2D eigenvalue weighted by Gasteiger charge is 2.12. The van der Waals surface area contributed by atoms with Gasteiger partial charge in [0.15, 0.2) is 0 Å². The second kappa shape index (κ2) is 5.40. The van der Waals surface area contributed by atoms with E-state index in [-0.39, 0.29) is 0 Å². The van der Waals surface area contributed by atoms with E-state index in [1.54, 1.807) is 0 Å². The summed E-state index contributed by atoms with van der Waals surface area (Å²) in [4.78, 5) is 8.39. The van der Waals surface area contributed by atoms with Crippen molar-refractivity contribution >= 4 is 0 Å². The Labute approximate surface area is 96.4 Å². The second-order valence-electron chi connectivity index (χ2n) is 3.91. The van der Waals surface area contributed by atoms with Crippen LogP contribution in [0.5, 0.6) is 0 Å². The number of rotatable bonds is 4. The molecule has 0 spiro atoms. The SMILES string of the molecule is CCCC(c1cccnc1)c1cccnc1. The quantitative estimate of drug-likeness (QED) is 0.776. The van der Waals surface area contributed by atoms with Crippen LogP contribution < -0.4 is 0 Å². The molecular formula is C14H16N2. The topological polar surface area (TPSA) is 25.8 Å². The number of hydrogen-bond donors (Lipinski definition) is 0. The first kappa shape index (κ1) is 10.8. The summed E-state index contributed by atoms with van der Waals surface area (Å²) < 4.78 is 0. The maximum atomic E-state index is 4.19. The number of nitrogens with zero attached hydrogens (tertiary/aromatic N) is 2. The molecule has 0 unspecified atom stereocenters. The largest absolute Gasteiger partial charge is 0.264 e. The van der Waals surface area contributed by atoms with E-state index in [0.29, 0.717) is 5.92 Å². The lowest BCUT2D eigenvalue weighted by atomic mass is 9.90. The van der Waals surface area contributed by atoms with Crippen molar-refractivity contribution in [1.82, 2.24) is 9.97 Å². The van der Waals surface area contributed by atoms with Crippen LogP contribution in [0.15, 0.2) is 49.1 Å². The summed E-state index contributed by atoms with van der Waals surface area (Å²) in [5.74, 6) is 0.424. The van der Waals surface area contributed by atoms with E-state index in [2.05, 4.69) is 29.0 Å². The van der Waals surface area contributed by atoms with Gasteiger partial charge in [-0.1, -0.05) is 25.5 Å². The molecule has 2 heterocycles. The van der Waals surface area contributed by atoms with Crippen LogP contribution in [0.1, 0.15) is 36.8 Å². The molecule has 0 amide bonds. The molecule has 0 fully saturated rings. The van der Waals surface area contributed by atoms with Crippen LogP contribution in [0.2, 0.25) is 0 Å². The molecule has 2 aromatic heterocycles. The summed E-state index contributed by atoms with van der Waals surface area (Å²) >= 11 is 0. The van der Waals surface area contributed by atoms with Gasteiger partial charge in [-0.25, -0.2) is 0 Å². The monoisotopic (exact) mass is 212 g/mol. The molecule has 2 heteroatoms. The average molecular weight is 212 g/mol. The molecule has 82 valence electrons. The highest BCUT2D eigenvalue weighted by molar-refractivity contribution is 5.28. The van der Waals surface area contributed by atoms with E-state index in [0.717, 1.165) is 12.8 Å². The van der Waals surface area contributed by atoms with E-state index in [4.69, 9.17) is 0 Å². The molecule has 0 bridgehead atoms. The molecule has 0 aliphatic heterocycles. The van der Waals surface area contributed by atoms with Crippen molar-refractivity contribution in [2.75, 3.05) is 0 Å². The summed E-state index contributed by atoms with van der Waals surface area (Å²) in [6, 6.07) is 8.27. The van der Waals surface area contributed by atoms with Crippen LogP contribution in [0.4, 0.5) is 0 Å². The fraction of sp³-hybridized carbons (Fsp3) is 0.286. The highest BCUT2D eigenvalue weighted by Crippen LogP contribution is 2.27. The third kappa shape index (κ3) is 2.45.